The van der Waals surface area contributed by atoms with E-state index in [1.165, 1.54) is 10.9 Å². The standard InChI is InChI=1S/C26H29N3O3/c30-24(13-12-19-8-2-1-3-9-19)29-17-14-21-20-10-4-5-11-22(20)27-25(21)23(29)18-32-26(31)28-15-6-7-16-28/h1-5,8-11,23,27H,6-7,12-18H2. The Morgan fingerprint density at radius 3 is 2.53 bits per heavy atom. The third kappa shape index (κ3) is 4.09. The van der Waals surface area contributed by atoms with Crippen LogP contribution < -0.4 is 0 Å². The van der Waals surface area contributed by atoms with Crippen molar-refractivity contribution in [2.75, 3.05) is 26.2 Å². The molecule has 1 atom stereocenters. The van der Waals surface area contributed by atoms with Gasteiger partial charge in [0.1, 0.15) is 12.6 Å². The number of ether oxygens (including phenoxy) is 1. The van der Waals surface area contributed by atoms with Crippen LogP contribution in [0, 0.1) is 0 Å². The van der Waals surface area contributed by atoms with Gasteiger partial charge in [0, 0.05) is 42.7 Å². The number of rotatable bonds is 5. The number of para-hydroxylation sites is 1. The highest BCUT2D eigenvalue weighted by molar-refractivity contribution is 5.86. The van der Waals surface area contributed by atoms with Crippen molar-refractivity contribution in [3.05, 3.63) is 71.4 Å². The molecule has 0 aliphatic carbocycles. The van der Waals surface area contributed by atoms with Crippen molar-refractivity contribution in [1.82, 2.24) is 14.8 Å². The van der Waals surface area contributed by atoms with Crippen molar-refractivity contribution in [1.29, 1.82) is 0 Å². The van der Waals surface area contributed by atoms with Gasteiger partial charge in [-0.05, 0) is 42.9 Å². The Hall–Kier alpha value is -3.28. The topological polar surface area (TPSA) is 65.6 Å². The second-order valence-corrected chi connectivity index (χ2v) is 8.67. The van der Waals surface area contributed by atoms with Crippen LogP contribution >= 0.6 is 0 Å². The van der Waals surface area contributed by atoms with E-state index >= 15 is 0 Å². The van der Waals surface area contributed by atoms with Crippen LogP contribution in [-0.2, 0) is 22.4 Å². The summed E-state index contributed by atoms with van der Waals surface area (Å²) < 4.78 is 5.73. The molecule has 0 spiro atoms. The first-order valence-electron chi connectivity index (χ1n) is 11.6. The number of carbonyl (C=O) groups is 2. The van der Waals surface area contributed by atoms with Gasteiger partial charge in [0.2, 0.25) is 5.91 Å². The minimum Gasteiger partial charge on any atom is -0.447 e. The second-order valence-electron chi connectivity index (χ2n) is 8.67. The van der Waals surface area contributed by atoms with Gasteiger partial charge >= 0.3 is 6.09 Å². The van der Waals surface area contributed by atoms with Crippen molar-refractivity contribution in [3.63, 3.8) is 0 Å². The third-order valence-corrected chi connectivity index (χ3v) is 6.68. The second kappa shape index (κ2) is 9.07. The molecule has 2 aliphatic rings. The summed E-state index contributed by atoms with van der Waals surface area (Å²) >= 11 is 0. The Bertz CT molecular complexity index is 1100. The Morgan fingerprint density at radius 1 is 0.969 bits per heavy atom. The van der Waals surface area contributed by atoms with Crippen LogP contribution in [0.3, 0.4) is 0 Å². The first kappa shape index (κ1) is 20.6. The smallest absolute Gasteiger partial charge is 0.409 e. The van der Waals surface area contributed by atoms with Crippen molar-refractivity contribution >= 4 is 22.9 Å². The molecule has 2 aliphatic heterocycles. The summed E-state index contributed by atoms with van der Waals surface area (Å²) in [7, 11) is 0. The number of likely N-dealkylation sites (tertiary alicyclic amines) is 1. The van der Waals surface area contributed by atoms with E-state index < -0.39 is 0 Å². The van der Waals surface area contributed by atoms with Gasteiger partial charge in [-0.1, -0.05) is 48.5 Å². The summed E-state index contributed by atoms with van der Waals surface area (Å²) in [5.41, 5.74) is 4.45. The molecular weight excluding hydrogens is 402 g/mol. The average molecular weight is 432 g/mol. The van der Waals surface area contributed by atoms with E-state index in [-0.39, 0.29) is 24.6 Å². The third-order valence-electron chi connectivity index (χ3n) is 6.68. The Balaban J connectivity index is 1.37. The number of H-pyrrole nitrogens is 1. The summed E-state index contributed by atoms with van der Waals surface area (Å²) in [4.78, 5) is 33.0. The van der Waals surface area contributed by atoms with Gasteiger partial charge in [-0.15, -0.1) is 0 Å². The molecule has 1 aromatic heterocycles. The molecule has 6 nitrogen and oxygen atoms in total. The van der Waals surface area contributed by atoms with Crippen LogP contribution in [0.4, 0.5) is 4.79 Å². The predicted molar refractivity (Wildman–Crippen MR) is 123 cm³/mol. The minimum absolute atomic E-state index is 0.0976. The van der Waals surface area contributed by atoms with Gasteiger partial charge in [-0.3, -0.25) is 4.79 Å². The number of nitrogens with zero attached hydrogens (tertiary/aromatic N) is 2. The van der Waals surface area contributed by atoms with Crippen LogP contribution in [0.5, 0.6) is 0 Å². The van der Waals surface area contributed by atoms with Gasteiger partial charge in [0.25, 0.3) is 0 Å². The zero-order valence-electron chi connectivity index (χ0n) is 18.3. The normalized spacial score (nSPS) is 18.1. The molecule has 3 heterocycles. The first-order chi connectivity index (χ1) is 15.7. The Labute approximate surface area is 188 Å². The molecule has 3 aromatic rings. The number of amides is 2. The van der Waals surface area contributed by atoms with Gasteiger partial charge in [-0.2, -0.15) is 0 Å². The number of hydrogen-bond acceptors (Lipinski definition) is 3. The summed E-state index contributed by atoms with van der Waals surface area (Å²) in [6.45, 7) is 2.31. The summed E-state index contributed by atoms with van der Waals surface area (Å²) in [5, 5.41) is 1.19. The first-order valence-corrected chi connectivity index (χ1v) is 11.6. The lowest BCUT2D eigenvalue weighted by Gasteiger charge is -2.36. The zero-order chi connectivity index (χ0) is 21.9. The molecule has 1 saturated heterocycles. The lowest BCUT2D eigenvalue weighted by atomic mass is 9.97. The molecule has 32 heavy (non-hydrogen) atoms. The maximum absolute atomic E-state index is 13.3. The van der Waals surface area contributed by atoms with E-state index in [4.69, 9.17) is 4.74 Å². The Morgan fingerprint density at radius 2 is 1.72 bits per heavy atom. The number of aromatic nitrogens is 1. The van der Waals surface area contributed by atoms with Crippen molar-refractivity contribution in [3.8, 4) is 0 Å². The molecule has 1 N–H and O–H groups in total. The van der Waals surface area contributed by atoms with Crippen molar-refractivity contribution in [2.24, 2.45) is 0 Å². The number of fused-ring (bicyclic) bond motifs is 3. The molecule has 0 saturated carbocycles. The maximum Gasteiger partial charge on any atom is 0.409 e. The van der Waals surface area contributed by atoms with Crippen molar-refractivity contribution < 1.29 is 14.3 Å². The molecule has 0 radical (unpaired) electrons. The fraction of sp³-hybridized carbons (Fsp3) is 0.385. The maximum atomic E-state index is 13.3. The molecule has 166 valence electrons. The molecule has 1 fully saturated rings. The molecule has 1 unspecified atom stereocenters. The van der Waals surface area contributed by atoms with Gasteiger partial charge < -0.3 is 19.5 Å². The molecule has 0 bridgehead atoms. The summed E-state index contributed by atoms with van der Waals surface area (Å²) in [6, 6.07) is 18.0. The van der Waals surface area contributed by atoms with Gasteiger partial charge in [0.05, 0.1) is 0 Å². The van der Waals surface area contributed by atoms with E-state index in [9.17, 15) is 9.59 Å². The van der Waals surface area contributed by atoms with Crippen LogP contribution in [0.15, 0.2) is 54.6 Å². The number of carbonyl (C=O) groups excluding carboxylic acids is 2. The summed E-state index contributed by atoms with van der Waals surface area (Å²) in [5.74, 6) is 0.0976. The van der Waals surface area contributed by atoms with E-state index in [0.29, 0.717) is 19.4 Å². The summed E-state index contributed by atoms with van der Waals surface area (Å²) in [6.07, 6.45) is 3.71. The monoisotopic (exact) mass is 431 g/mol. The molecule has 2 aromatic carbocycles. The number of hydrogen-bond donors (Lipinski definition) is 1. The molecule has 6 heteroatoms. The molecule has 2 amide bonds. The fourth-order valence-corrected chi connectivity index (χ4v) is 4.97. The average Bonchev–Trinajstić information content (AvgIpc) is 3.50. The van der Waals surface area contributed by atoms with Gasteiger partial charge in [-0.25, -0.2) is 4.79 Å². The van der Waals surface area contributed by atoms with Crippen LogP contribution in [0.1, 0.15) is 42.1 Å². The Kier molecular flexibility index (Phi) is 5.84. The van der Waals surface area contributed by atoms with E-state index in [1.807, 2.05) is 35.2 Å². The van der Waals surface area contributed by atoms with Crippen LogP contribution in [0.2, 0.25) is 0 Å². The minimum atomic E-state index is -0.291. The van der Waals surface area contributed by atoms with Gasteiger partial charge in [0.15, 0.2) is 0 Å². The quantitative estimate of drug-likeness (QED) is 0.649. The lowest BCUT2D eigenvalue weighted by molar-refractivity contribution is -0.135. The fourth-order valence-electron chi connectivity index (χ4n) is 4.97. The SMILES string of the molecule is O=C(OCC1c2[nH]c3ccccc3c2CCN1C(=O)CCc1ccccc1)N1CCCC1. The highest BCUT2D eigenvalue weighted by Gasteiger charge is 2.34. The number of benzene rings is 2. The van der Waals surface area contributed by atoms with E-state index in [1.54, 1.807) is 4.90 Å². The van der Waals surface area contributed by atoms with E-state index in [0.717, 1.165) is 49.1 Å². The number of nitrogens with one attached hydrogen (secondary N) is 1. The number of aromatic amines is 1. The zero-order valence-corrected chi connectivity index (χ0v) is 18.3. The highest BCUT2D eigenvalue weighted by atomic mass is 16.6. The lowest BCUT2D eigenvalue weighted by Crippen LogP contribution is -2.43. The highest BCUT2D eigenvalue weighted by Crippen LogP contribution is 2.35. The number of aryl methyl sites for hydroxylation is 1. The van der Waals surface area contributed by atoms with Crippen molar-refractivity contribution in [2.45, 2.75) is 38.1 Å². The molecular formula is C26H29N3O3. The molecule has 5 rings (SSSR count). The largest absolute Gasteiger partial charge is 0.447 e. The van der Waals surface area contributed by atoms with Crippen LogP contribution in [0.25, 0.3) is 10.9 Å². The van der Waals surface area contributed by atoms with E-state index in [2.05, 4.69) is 29.2 Å². The predicted octanol–water partition coefficient (Wildman–Crippen LogP) is 4.46. The van der Waals surface area contributed by atoms with Crippen LogP contribution in [-0.4, -0.2) is 53.0 Å².